The molecule has 0 saturated heterocycles. The molecule has 0 radical (unpaired) electrons. The average Bonchev–Trinajstić information content (AvgIpc) is 2.80. The maximum Gasteiger partial charge on any atom is 0.269 e. The van der Waals surface area contributed by atoms with Crippen molar-refractivity contribution in [2.45, 2.75) is 25.3 Å². The largest absolute Gasteiger partial charge is 0.489 e. The Balaban J connectivity index is 1.67. The average molecular weight is 522 g/mol. The van der Waals surface area contributed by atoms with E-state index in [4.69, 9.17) is 16.3 Å². The van der Waals surface area contributed by atoms with E-state index in [0.717, 1.165) is 15.6 Å². The Hall–Kier alpha value is -2.49. The summed E-state index contributed by atoms with van der Waals surface area (Å²) in [6, 6.07) is 17.9. The summed E-state index contributed by atoms with van der Waals surface area (Å²) < 4.78 is 6.84. The van der Waals surface area contributed by atoms with E-state index in [1.165, 1.54) is 24.3 Å². The summed E-state index contributed by atoms with van der Waals surface area (Å²) in [7, 11) is 0. The molecule has 2 atom stereocenters. The van der Waals surface area contributed by atoms with E-state index in [2.05, 4.69) is 21.2 Å². The molecule has 0 bridgehead atoms. The molecule has 0 saturated carbocycles. The predicted octanol–water partition coefficient (Wildman–Crippen LogP) is 4.77. The van der Waals surface area contributed by atoms with Crippen LogP contribution >= 0.6 is 27.5 Å². The van der Waals surface area contributed by atoms with Crippen molar-refractivity contribution < 1.29 is 19.9 Å². The number of nitro benzene ring substituents is 1. The highest BCUT2D eigenvalue weighted by Gasteiger charge is 2.21. The number of aliphatic hydroxyl groups is 2. The number of benzene rings is 3. The first-order chi connectivity index (χ1) is 15.4. The normalized spacial score (nSPS) is 12.9. The minimum absolute atomic E-state index is 0.0638. The first kappa shape index (κ1) is 24.2. The van der Waals surface area contributed by atoms with Crippen molar-refractivity contribution in [1.82, 2.24) is 5.32 Å². The van der Waals surface area contributed by atoms with E-state index in [1.807, 2.05) is 30.3 Å². The van der Waals surface area contributed by atoms with Crippen LogP contribution in [0.4, 0.5) is 5.69 Å². The molecule has 3 N–H and O–H groups in total. The summed E-state index contributed by atoms with van der Waals surface area (Å²) in [5.74, 6) is 0.664. The molecule has 0 heterocycles. The molecule has 0 aliphatic rings. The first-order valence-electron chi connectivity index (χ1n) is 9.79. The summed E-state index contributed by atoms with van der Waals surface area (Å²) in [5.41, 5.74) is 2.21. The molecule has 168 valence electrons. The van der Waals surface area contributed by atoms with Crippen LogP contribution in [0.3, 0.4) is 0 Å². The summed E-state index contributed by atoms with van der Waals surface area (Å²) >= 11 is 9.38. The maximum absolute atomic E-state index is 10.8. The number of aliphatic hydroxyl groups excluding tert-OH is 2. The van der Waals surface area contributed by atoms with E-state index in [1.54, 1.807) is 12.1 Å². The SMILES string of the molecule is O=[N+]([O-])c1ccc([C@H](O)[C@H](CO)NCc2cc(Br)ccc2OCc2ccc(Cl)cc2)cc1. The molecule has 7 nitrogen and oxygen atoms in total. The minimum atomic E-state index is -1.05. The fourth-order valence-corrected chi connectivity index (χ4v) is 3.65. The van der Waals surface area contributed by atoms with Crippen molar-refractivity contribution >= 4 is 33.2 Å². The lowest BCUT2D eigenvalue weighted by Gasteiger charge is -2.23. The summed E-state index contributed by atoms with van der Waals surface area (Å²) in [4.78, 5) is 10.3. The second kappa shape index (κ2) is 11.4. The molecule has 3 rings (SSSR count). The quantitative estimate of drug-likeness (QED) is 0.262. The Kier molecular flexibility index (Phi) is 8.60. The smallest absolute Gasteiger partial charge is 0.269 e. The zero-order chi connectivity index (χ0) is 23.1. The van der Waals surface area contributed by atoms with Gasteiger partial charge in [-0.25, -0.2) is 0 Å². The number of hydrogen-bond donors (Lipinski definition) is 3. The highest BCUT2D eigenvalue weighted by atomic mass is 79.9. The number of non-ortho nitro benzene ring substituents is 1. The van der Waals surface area contributed by atoms with Gasteiger partial charge in [-0.2, -0.15) is 0 Å². The van der Waals surface area contributed by atoms with Crippen molar-refractivity contribution in [1.29, 1.82) is 0 Å². The lowest BCUT2D eigenvalue weighted by atomic mass is 10.0. The molecular weight excluding hydrogens is 500 g/mol. The van der Waals surface area contributed by atoms with E-state index < -0.39 is 17.1 Å². The highest BCUT2D eigenvalue weighted by molar-refractivity contribution is 9.10. The summed E-state index contributed by atoms with van der Waals surface area (Å²) in [6.45, 7) is 0.360. The van der Waals surface area contributed by atoms with Gasteiger partial charge in [0.05, 0.1) is 23.7 Å². The van der Waals surface area contributed by atoms with Crippen molar-refractivity contribution in [3.63, 3.8) is 0 Å². The lowest BCUT2D eigenvalue weighted by molar-refractivity contribution is -0.384. The van der Waals surface area contributed by atoms with Crippen molar-refractivity contribution in [3.8, 4) is 5.75 Å². The summed E-state index contributed by atoms with van der Waals surface area (Å²) in [6.07, 6.45) is -1.05. The van der Waals surface area contributed by atoms with Crippen LogP contribution < -0.4 is 10.1 Å². The molecule has 3 aromatic carbocycles. The van der Waals surface area contributed by atoms with Crippen LogP contribution in [0.2, 0.25) is 5.02 Å². The number of nitrogens with zero attached hydrogens (tertiary/aromatic N) is 1. The third-order valence-corrected chi connectivity index (χ3v) is 5.65. The molecule has 0 spiro atoms. The Morgan fingerprint density at radius 3 is 2.41 bits per heavy atom. The zero-order valence-electron chi connectivity index (χ0n) is 16.9. The van der Waals surface area contributed by atoms with Gasteiger partial charge in [-0.05, 0) is 53.6 Å². The molecular formula is C23H22BrClN2O5. The highest BCUT2D eigenvalue weighted by Crippen LogP contribution is 2.26. The van der Waals surface area contributed by atoms with Crippen LogP contribution in [-0.4, -0.2) is 27.8 Å². The van der Waals surface area contributed by atoms with E-state index in [-0.39, 0.29) is 12.3 Å². The lowest BCUT2D eigenvalue weighted by Crippen LogP contribution is -2.37. The van der Waals surface area contributed by atoms with Gasteiger partial charge >= 0.3 is 0 Å². The van der Waals surface area contributed by atoms with Gasteiger partial charge in [0, 0.05) is 33.7 Å². The third-order valence-electron chi connectivity index (χ3n) is 4.91. The van der Waals surface area contributed by atoms with Gasteiger partial charge in [0.1, 0.15) is 12.4 Å². The van der Waals surface area contributed by atoms with Crippen LogP contribution in [0.25, 0.3) is 0 Å². The maximum atomic E-state index is 10.8. The zero-order valence-corrected chi connectivity index (χ0v) is 19.3. The van der Waals surface area contributed by atoms with Crippen LogP contribution in [0.5, 0.6) is 5.75 Å². The molecule has 0 aromatic heterocycles. The second-order valence-corrected chi connectivity index (χ2v) is 8.48. The van der Waals surface area contributed by atoms with Crippen molar-refractivity contribution in [2.24, 2.45) is 0 Å². The van der Waals surface area contributed by atoms with Gasteiger partial charge in [-0.3, -0.25) is 10.1 Å². The Morgan fingerprint density at radius 2 is 1.78 bits per heavy atom. The van der Waals surface area contributed by atoms with Crippen molar-refractivity contribution in [2.75, 3.05) is 6.61 Å². The van der Waals surface area contributed by atoms with Crippen LogP contribution in [0, 0.1) is 10.1 Å². The molecule has 3 aromatic rings. The standard InChI is InChI=1S/C23H22BrClN2O5/c24-18-5-10-22(32-14-15-1-6-19(25)7-2-15)17(11-18)12-26-21(13-28)23(29)16-3-8-20(9-4-16)27(30)31/h1-11,21,23,26,28-29H,12-14H2/t21-,23-/m0/s1. The van der Waals surface area contributed by atoms with Gasteiger partial charge in [0.25, 0.3) is 5.69 Å². The van der Waals surface area contributed by atoms with Crippen LogP contribution in [0.1, 0.15) is 22.8 Å². The number of halogens is 2. The summed E-state index contributed by atoms with van der Waals surface area (Å²) in [5, 5.41) is 35.1. The number of nitro groups is 1. The predicted molar refractivity (Wildman–Crippen MR) is 126 cm³/mol. The van der Waals surface area contributed by atoms with E-state index >= 15 is 0 Å². The number of hydrogen-bond acceptors (Lipinski definition) is 6. The Morgan fingerprint density at radius 1 is 1.09 bits per heavy atom. The molecule has 0 aliphatic carbocycles. The van der Waals surface area contributed by atoms with E-state index in [0.29, 0.717) is 29.5 Å². The van der Waals surface area contributed by atoms with E-state index in [9.17, 15) is 20.3 Å². The monoisotopic (exact) mass is 520 g/mol. The van der Waals surface area contributed by atoms with Gasteiger partial charge in [-0.1, -0.05) is 39.7 Å². The third kappa shape index (κ3) is 6.51. The topological polar surface area (TPSA) is 105 Å². The van der Waals surface area contributed by atoms with Gasteiger partial charge in [0.2, 0.25) is 0 Å². The van der Waals surface area contributed by atoms with Gasteiger partial charge < -0.3 is 20.3 Å². The van der Waals surface area contributed by atoms with Crippen LogP contribution in [-0.2, 0) is 13.2 Å². The molecule has 9 heteroatoms. The Labute approximate surface area is 198 Å². The molecule has 0 fully saturated rings. The molecule has 0 aliphatic heterocycles. The molecule has 32 heavy (non-hydrogen) atoms. The molecule has 0 unspecified atom stereocenters. The van der Waals surface area contributed by atoms with Gasteiger partial charge in [-0.15, -0.1) is 0 Å². The van der Waals surface area contributed by atoms with Crippen molar-refractivity contribution in [3.05, 3.63) is 103 Å². The fraction of sp³-hybridized carbons (Fsp3) is 0.217. The number of ether oxygens (including phenoxy) is 1. The number of rotatable bonds is 10. The number of nitrogens with one attached hydrogen (secondary N) is 1. The van der Waals surface area contributed by atoms with Crippen LogP contribution in [0.15, 0.2) is 71.2 Å². The first-order valence-corrected chi connectivity index (χ1v) is 11.0. The minimum Gasteiger partial charge on any atom is -0.489 e. The Bertz CT molecular complexity index is 1050. The van der Waals surface area contributed by atoms with Gasteiger partial charge in [0.15, 0.2) is 0 Å². The molecule has 0 amide bonds. The second-order valence-electron chi connectivity index (χ2n) is 7.13. The fourth-order valence-electron chi connectivity index (χ4n) is 3.11.